The van der Waals surface area contributed by atoms with Crippen molar-refractivity contribution in [1.29, 1.82) is 0 Å². The van der Waals surface area contributed by atoms with E-state index in [2.05, 4.69) is 9.62 Å². The zero-order valence-corrected chi connectivity index (χ0v) is 16.0. The molecule has 2 aliphatic heterocycles. The van der Waals surface area contributed by atoms with Crippen molar-refractivity contribution in [2.75, 3.05) is 26.2 Å². The highest BCUT2D eigenvalue weighted by Gasteiger charge is 2.33. The van der Waals surface area contributed by atoms with E-state index in [9.17, 15) is 17.6 Å². The molecule has 7 nitrogen and oxygen atoms in total. The maximum absolute atomic E-state index is 13.9. The number of carboxylic acid groups (broad SMARTS) is 1. The zero-order valence-electron chi connectivity index (χ0n) is 15.2. The molecule has 0 amide bonds. The lowest BCUT2D eigenvalue weighted by atomic mass is 9.99. The Kier molecular flexibility index (Phi) is 6.46. The van der Waals surface area contributed by atoms with Crippen LogP contribution in [0.25, 0.3) is 0 Å². The Morgan fingerprint density at radius 2 is 1.89 bits per heavy atom. The number of nitrogens with one attached hydrogen (secondary N) is 1. The van der Waals surface area contributed by atoms with Crippen LogP contribution >= 0.6 is 0 Å². The van der Waals surface area contributed by atoms with Gasteiger partial charge in [-0.25, -0.2) is 4.39 Å². The Bertz CT molecular complexity index is 766. The molecule has 2 aliphatic rings. The molecule has 2 saturated heterocycles. The number of hydrogen-bond donors (Lipinski definition) is 2. The molecule has 9 heteroatoms. The lowest BCUT2D eigenvalue weighted by Gasteiger charge is -2.35. The van der Waals surface area contributed by atoms with E-state index in [1.165, 1.54) is 10.4 Å². The van der Waals surface area contributed by atoms with Crippen LogP contribution in [0.15, 0.2) is 24.3 Å². The molecule has 0 spiro atoms. The van der Waals surface area contributed by atoms with Crippen molar-refractivity contribution in [2.45, 2.75) is 38.3 Å². The van der Waals surface area contributed by atoms with Crippen LogP contribution in [0.4, 0.5) is 4.39 Å². The highest BCUT2D eigenvalue weighted by Crippen LogP contribution is 2.21. The van der Waals surface area contributed by atoms with Gasteiger partial charge in [-0.15, -0.1) is 0 Å². The van der Waals surface area contributed by atoms with Gasteiger partial charge >= 0.3 is 5.97 Å². The van der Waals surface area contributed by atoms with E-state index in [1.807, 2.05) is 0 Å². The van der Waals surface area contributed by atoms with Crippen molar-refractivity contribution < 1.29 is 22.7 Å². The van der Waals surface area contributed by atoms with Gasteiger partial charge < -0.3 is 5.11 Å². The summed E-state index contributed by atoms with van der Waals surface area (Å²) >= 11 is 0. The third-order valence-electron chi connectivity index (χ3n) is 5.32. The van der Waals surface area contributed by atoms with Crippen molar-refractivity contribution in [3.63, 3.8) is 0 Å². The summed E-state index contributed by atoms with van der Waals surface area (Å²) in [4.78, 5) is 13.1. The summed E-state index contributed by atoms with van der Waals surface area (Å²) in [6, 6.07) is 6.39. The number of likely N-dealkylation sites (tertiary alicyclic amines) is 1. The third-order valence-corrected chi connectivity index (χ3v) is 6.99. The predicted octanol–water partition coefficient (Wildman–Crippen LogP) is 1.42. The number of halogens is 1. The molecule has 3 rings (SSSR count). The van der Waals surface area contributed by atoms with E-state index in [0.717, 1.165) is 19.4 Å². The Labute approximate surface area is 159 Å². The van der Waals surface area contributed by atoms with Crippen molar-refractivity contribution >= 4 is 16.2 Å². The van der Waals surface area contributed by atoms with Crippen LogP contribution in [0.5, 0.6) is 0 Å². The van der Waals surface area contributed by atoms with Gasteiger partial charge in [0.25, 0.3) is 10.2 Å². The first-order valence-corrected chi connectivity index (χ1v) is 10.7. The van der Waals surface area contributed by atoms with Gasteiger partial charge in [0.15, 0.2) is 0 Å². The molecule has 0 aliphatic carbocycles. The molecule has 0 radical (unpaired) electrons. The first kappa shape index (κ1) is 20.2. The van der Waals surface area contributed by atoms with Gasteiger partial charge in [-0.05, 0) is 38.3 Å². The largest absolute Gasteiger partial charge is 0.481 e. The number of carboxylic acids is 1. The average Bonchev–Trinajstić information content (AvgIpc) is 2.64. The summed E-state index contributed by atoms with van der Waals surface area (Å²) in [7, 11) is -3.65. The van der Waals surface area contributed by atoms with Crippen LogP contribution in [-0.4, -0.2) is 60.9 Å². The molecule has 2 fully saturated rings. The molecule has 150 valence electrons. The summed E-state index contributed by atoms with van der Waals surface area (Å²) in [6.45, 7) is 2.22. The summed E-state index contributed by atoms with van der Waals surface area (Å²) in [5.74, 6) is -1.58. The van der Waals surface area contributed by atoms with Gasteiger partial charge in [-0.2, -0.15) is 17.4 Å². The first-order valence-electron chi connectivity index (χ1n) is 9.31. The van der Waals surface area contributed by atoms with Crippen LogP contribution in [0.3, 0.4) is 0 Å². The standard InChI is InChI=1S/C18H26FN3O4S/c19-17-6-2-1-4-15(17)12-21-9-3-5-16(13-21)20-27(25,26)22-10-7-14(8-11-22)18(23)24/h1-2,4,6,14,16,20H,3,5,7-13H2,(H,23,24)/t16-/m0/s1. The molecular formula is C18H26FN3O4S. The SMILES string of the molecule is O=C(O)C1CCN(S(=O)(=O)N[C@H]2CCCN(Cc3ccccc3F)C2)CC1. The topological polar surface area (TPSA) is 90.0 Å². The number of benzene rings is 1. The molecular weight excluding hydrogens is 373 g/mol. The van der Waals surface area contributed by atoms with Gasteiger partial charge in [0, 0.05) is 37.8 Å². The van der Waals surface area contributed by atoms with Gasteiger partial charge in [-0.1, -0.05) is 18.2 Å². The number of rotatable bonds is 6. The minimum Gasteiger partial charge on any atom is -0.481 e. The van der Waals surface area contributed by atoms with Crippen molar-refractivity contribution in [3.8, 4) is 0 Å². The maximum atomic E-state index is 13.9. The van der Waals surface area contributed by atoms with Crippen LogP contribution in [0, 0.1) is 11.7 Å². The number of nitrogens with zero attached hydrogens (tertiary/aromatic N) is 2. The summed E-state index contributed by atoms with van der Waals surface area (Å²) in [5, 5.41) is 9.04. The molecule has 1 atom stereocenters. The fourth-order valence-electron chi connectivity index (χ4n) is 3.79. The second-order valence-corrected chi connectivity index (χ2v) is 9.00. The minimum absolute atomic E-state index is 0.220. The van der Waals surface area contributed by atoms with Gasteiger partial charge in [-0.3, -0.25) is 9.69 Å². The van der Waals surface area contributed by atoms with Crippen LogP contribution < -0.4 is 4.72 Å². The molecule has 0 aromatic heterocycles. The number of piperidine rings is 2. The Hall–Kier alpha value is -1.55. The smallest absolute Gasteiger partial charge is 0.306 e. The highest BCUT2D eigenvalue weighted by atomic mass is 32.2. The first-order chi connectivity index (χ1) is 12.8. The van der Waals surface area contributed by atoms with Crippen molar-refractivity contribution in [3.05, 3.63) is 35.6 Å². The summed E-state index contributed by atoms with van der Waals surface area (Å²) in [5.41, 5.74) is 0.608. The highest BCUT2D eigenvalue weighted by molar-refractivity contribution is 7.87. The fourth-order valence-corrected chi connectivity index (χ4v) is 5.25. The molecule has 27 heavy (non-hydrogen) atoms. The van der Waals surface area contributed by atoms with Crippen LogP contribution in [0.1, 0.15) is 31.2 Å². The summed E-state index contributed by atoms with van der Waals surface area (Å²) in [6.07, 6.45) is 2.24. The van der Waals surface area contributed by atoms with E-state index < -0.39 is 22.1 Å². The van der Waals surface area contributed by atoms with E-state index in [-0.39, 0.29) is 24.9 Å². The van der Waals surface area contributed by atoms with Gasteiger partial charge in [0.1, 0.15) is 5.82 Å². The zero-order chi connectivity index (χ0) is 19.4. The van der Waals surface area contributed by atoms with Gasteiger partial charge in [0.2, 0.25) is 0 Å². The quantitative estimate of drug-likeness (QED) is 0.755. The Balaban J connectivity index is 1.55. The van der Waals surface area contributed by atoms with Crippen molar-refractivity contribution in [2.24, 2.45) is 5.92 Å². The van der Waals surface area contributed by atoms with E-state index in [4.69, 9.17) is 5.11 Å². The number of aliphatic carboxylic acids is 1. The molecule has 2 heterocycles. The maximum Gasteiger partial charge on any atom is 0.306 e. The summed E-state index contributed by atoms with van der Waals surface area (Å²) < 4.78 is 43.2. The number of hydrogen-bond acceptors (Lipinski definition) is 4. The van der Waals surface area contributed by atoms with E-state index >= 15 is 0 Å². The normalized spacial score (nSPS) is 23.4. The molecule has 0 saturated carbocycles. The Morgan fingerprint density at radius 3 is 2.56 bits per heavy atom. The minimum atomic E-state index is -3.65. The molecule has 0 bridgehead atoms. The van der Waals surface area contributed by atoms with E-state index in [0.29, 0.717) is 31.5 Å². The lowest BCUT2D eigenvalue weighted by molar-refractivity contribution is -0.142. The lowest BCUT2D eigenvalue weighted by Crippen LogP contribution is -2.53. The molecule has 1 aromatic carbocycles. The average molecular weight is 399 g/mol. The molecule has 0 unspecified atom stereocenters. The van der Waals surface area contributed by atoms with Crippen LogP contribution in [-0.2, 0) is 21.5 Å². The van der Waals surface area contributed by atoms with Gasteiger partial charge in [0.05, 0.1) is 5.92 Å². The fraction of sp³-hybridized carbons (Fsp3) is 0.611. The third kappa shape index (κ3) is 5.25. The second kappa shape index (κ2) is 8.64. The molecule has 1 aromatic rings. The number of carbonyl (C=O) groups is 1. The second-order valence-electron chi connectivity index (χ2n) is 7.30. The predicted molar refractivity (Wildman–Crippen MR) is 98.7 cm³/mol. The monoisotopic (exact) mass is 399 g/mol. The van der Waals surface area contributed by atoms with E-state index in [1.54, 1.807) is 18.2 Å². The van der Waals surface area contributed by atoms with Crippen molar-refractivity contribution in [1.82, 2.24) is 13.9 Å². The van der Waals surface area contributed by atoms with Crippen LogP contribution in [0.2, 0.25) is 0 Å². The molecule has 2 N–H and O–H groups in total. The Morgan fingerprint density at radius 1 is 1.19 bits per heavy atom.